The van der Waals surface area contributed by atoms with E-state index in [0.717, 1.165) is 24.2 Å². The Labute approximate surface area is 204 Å². The fourth-order valence-corrected chi connectivity index (χ4v) is 5.89. The lowest BCUT2D eigenvalue weighted by molar-refractivity contribution is -0.0740. The van der Waals surface area contributed by atoms with E-state index in [2.05, 4.69) is 4.90 Å². The summed E-state index contributed by atoms with van der Waals surface area (Å²) >= 11 is 12.7. The molecule has 0 bridgehead atoms. The second-order valence-electron chi connectivity index (χ2n) is 9.48. The number of aliphatic hydroxyl groups excluding tert-OH is 1. The number of anilines is 1. The van der Waals surface area contributed by atoms with Gasteiger partial charge in [-0.2, -0.15) is 0 Å². The Hall–Kier alpha value is -1.83. The van der Waals surface area contributed by atoms with Crippen LogP contribution in [-0.4, -0.2) is 77.3 Å². The number of carbonyl (C=O) groups is 1. The van der Waals surface area contributed by atoms with Crippen LogP contribution in [0.15, 0.2) is 42.5 Å². The number of piperidine rings is 1. The van der Waals surface area contributed by atoms with Crippen LogP contribution in [0.1, 0.15) is 35.2 Å². The molecule has 1 amide bonds. The molecule has 0 aromatic heterocycles. The lowest BCUT2D eigenvalue weighted by atomic mass is 9.82. The first-order valence-corrected chi connectivity index (χ1v) is 12.3. The van der Waals surface area contributed by atoms with Crippen molar-refractivity contribution in [1.82, 2.24) is 9.80 Å². The molecule has 3 fully saturated rings. The van der Waals surface area contributed by atoms with Crippen LogP contribution in [0, 0.1) is 0 Å². The highest BCUT2D eigenvalue weighted by molar-refractivity contribution is 6.36. The van der Waals surface area contributed by atoms with E-state index in [-0.39, 0.29) is 18.1 Å². The summed E-state index contributed by atoms with van der Waals surface area (Å²) in [4.78, 5) is 19.6. The van der Waals surface area contributed by atoms with Gasteiger partial charge in [-0.15, -0.1) is 0 Å². The van der Waals surface area contributed by atoms with E-state index in [0.29, 0.717) is 61.2 Å². The zero-order valence-corrected chi connectivity index (χ0v) is 20.0. The van der Waals surface area contributed by atoms with Crippen molar-refractivity contribution in [2.45, 2.75) is 37.0 Å². The van der Waals surface area contributed by atoms with E-state index in [9.17, 15) is 15.0 Å². The number of halogens is 2. The standard InChI is InChI=1S/C25H29Cl2N3O3/c26-18-6-4-17(5-7-18)25(33)10-8-19-14-29(12-13-30(19)16-25)24(32)21-2-1-3-22(23(21)27)28-11-9-20(31)15-28/h1-7,19-20,31,33H,8-16H2/t19-,20-,25-/m1/s1. The summed E-state index contributed by atoms with van der Waals surface area (Å²) in [6.45, 7) is 3.74. The van der Waals surface area contributed by atoms with Crippen LogP contribution in [0.4, 0.5) is 5.69 Å². The van der Waals surface area contributed by atoms with E-state index in [1.165, 1.54) is 0 Å². The number of amides is 1. The highest BCUT2D eigenvalue weighted by atomic mass is 35.5. The number of piperazine rings is 1. The normalized spacial score (nSPS) is 28.1. The van der Waals surface area contributed by atoms with Crippen molar-refractivity contribution in [2.24, 2.45) is 0 Å². The Bertz CT molecular complexity index is 1030. The molecule has 0 spiro atoms. The van der Waals surface area contributed by atoms with Crippen molar-refractivity contribution in [3.63, 3.8) is 0 Å². The maximum absolute atomic E-state index is 13.4. The van der Waals surface area contributed by atoms with Crippen molar-refractivity contribution in [1.29, 1.82) is 0 Å². The molecule has 0 radical (unpaired) electrons. The van der Waals surface area contributed by atoms with Gasteiger partial charge in [0.25, 0.3) is 5.91 Å². The molecular weight excluding hydrogens is 461 g/mol. The smallest absolute Gasteiger partial charge is 0.255 e. The van der Waals surface area contributed by atoms with Crippen molar-refractivity contribution in [3.8, 4) is 0 Å². The fourth-order valence-electron chi connectivity index (χ4n) is 5.44. The minimum absolute atomic E-state index is 0.0558. The molecule has 3 aliphatic heterocycles. The van der Waals surface area contributed by atoms with Crippen LogP contribution in [0.3, 0.4) is 0 Å². The Morgan fingerprint density at radius 2 is 1.79 bits per heavy atom. The largest absolute Gasteiger partial charge is 0.391 e. The second kappa shape index (κ2) is 9.08. The highest BCUT2D eigenvalue weighted by Crippen LogP contribution is 2.37. The van der Waals surface area contributed by atoms with Crippen LogP contribution in [-0.2, 0) is 5.60 Å². The molecule has 176 valence electrons. The third kappa shape index (κ3) is 4.47. The monoisotopic (exact) mass is 489 g/mol. The van der Waals surface area contributed by atoms with Crippen LogP contribution < -0.4 is 4.90 Å². The van der Waals surface area contributed by atoms with Gasteiger partial charge >= 0.3 is 0 Å². The summed E-state index contributed by atoms with van der Waals surface area (Å²) in [6.07, 6.45) is 1.81. The molecule has 5 rings (SSSR count). The fraction of sp³-hybridized carbons (Fsp3) is 0.480. The van der Waals surface area contributed by atoms with Crippen molar-refractivity contribution in [3.05, 3.63) is 63.6 Å². The Morgan fingerprint density at radius 1 is 1.00 bits per heavy atom. The number of fused-ring (bicyclic) bond motifs is 1. The zero-order chi connectivity index (χ0) is 23.2. The number of benzene rings is 2. The predicted octanol–water partition coefficient (Wildman–Crippen LogP) is 3.37. The molecular formula is C25H29Cl2N3O3. The molecule has 3 aliphatic rings. The molecule has 2 aromatic rings. The van der Waals surface area contributed by atoms with E-state index >= 15 is 0 Å². The van der Waals surface area contributed by atoms with Crippen LogP contribution in [0.25, 0.3) is 0 Å². The summed E-state index contributed by atoms with van der Waals surface area (Å²) in [5.74, 6) is -0.0558. The second-order valence-corrected chi connectivity index (χ2v) is 10.3. The number of rotatable bonds is 3. The molecule has 33 heavy (non-hydrogen) atoms. The molecule has 3 saturated heterocycles. The van der Waals surface area contributed by atoms with Gasteiger partial charge < -0.3 is 20.0 Å². The minimum atomic E-state index is -0.898. The Balaban J connectivity index is 1.28. The number of carbonyl (C=O) groups excluding carboxylic acids is 1. The summed E-state index contributed by atoms with van der Waals surface area (Å²) < 4.78 is 0. The van der Waals surface area contributed by atoms with Gasteiger partial charge in [-0.1, -0.05) is 41.4 Å². The van der Waals surface area contributed by atoms with Crippen molar-refractivity contribution < 1.29 is 15.0 Å². The van der Waals surface area contributed by atoms with Gasteiger partial charge in [0.1, 0.15) is 5.60 Å². The van der Waals surface area contributed by atoms with Gasteiger partial charge in [0.2, 0.25) is 0 Å². The average Bonchev–Trinajstić information content (AvgIpc) is 3.25. The number of aliphatic hydroxyl groups is 2. The van der Waals surface area contributed by atoms with Crippen molar-refractivity contribution >= 4 is 34.8 Å². The van der Waals surface area contributed by atoms with Gasteiger partial charge in [-0.25, -0.2) is 0 Å². The minimum Gasteiger partial charge on any atom is -0.391 e. The SMILES string of the molecule is O=C(c1cccc(N2CC[C@@H](O)C2)c1Cl)N1CCN2C[C@@](O)(c3ccc(Cl)cc3)CC[C@@H]2C1. The van der Waals surface area contributed by atoms with E-state index < -0.39 is 5.60 Å². The first kappa shape index (κ1) is 22.9. The number of hydrogen-bond donors (Lipinski definition) is 2. The first-order chi connectivity index (χ1) is 15.8. The van der Waals surface area contributed by atoms with Gasteiger partial charge in [0, 0.05) is 50.3 Å². The lowest BCUT2D eigenvalue weighted by Gasteiger charge is -2.49. The van der Waals surface area contributed by atoms with Crippen LogP contribution >= 0.6 is 23.2 Å². The lowest BCUT2D eigenvalue weighted by Crippen LogP contribution is -2.60. The van der Waals surface area contributed by atoms with Crippen LogP contribution in [0.2, 0.25) is 10.0 Å². The maximum Gasteiger partial charge on any atom is 0.255 e. The Morgan fingerprint density at radius 3 is 2.52 bits per heavy atom. The third-order valence-electron chi connectivity index (χ3n) is 7.34. The molecule has 0 aliphatic carbocycles. The summed E-state index contributed by atoms with van der Waals surface area (Å²) in [5, 5.41) is 22.3. The van der Waals surface area contributed by atoms with Gasteiger partial charge in [-0.3, -0.25) is 9.69 Å². The van der Waals surface area contributed by atoms with E-state index in [4.69, 9.17) is 23.2 Å². The van der Waals surface area contributed by atoms with Gasteiger partial charge in [-0.05, 0) is 49.1 Å². The summed E-state index contributed by atoms with van der Waals surface area (Å²) in [5.41, 5.74) is 1.31. The number of nitrogens with zero attached hydrogens (tertiary/aromatic N) is 3. The summed E-state index contributed by atoms with van der Waals surface area (Å²) in [7, 11) is 0. The zero-order valence-electron chi connectivity index (χ0n) is 18.5. The molecule has 3 heterocycles. The predicted molar refractivity (Wildman–Crippen MR) is 130 cm³/mol. The highest BCUT2D eigenvalue weighted by Gasteiger charge is 2.42. The van der Waals surface area contributed by atoms with Gasteiger partial charge in [0.15, 0.2) is 0 Å². The van der Waals surface area contributed by atoms with Crippen LogP contribution in [0.5, 0.6) is 0 Å². The van der Waals surface area contributed by atoms with E-state index in [1.54, 1.807) is 6.07 Å². The first-order valence-electron chi connectivity index (χ1n) is 11.6. The molecule has 0 saturated carbocycles. The number of β-amino-alcohol motifs (C(OH)–C–C–N with tert-alkyl or cyclic N) is 1. The van der Waals surface area contributed by atoms with E-state index in [1.807, 2.05) is 46.2 Å². The average molecular weight is 490 g/mol. The molecule has 8 heteroatoms. The summed E-state index contributed by atoms with van der Waals surface area (Å²) in [6, 6.07) is 13.2. The Kier molecular flexibility index (Phi) is 6.31. The molecule has 2 aromatic carbocycles. The molecule has 0 unspecified atom stereocenters. The topological polar surface area (TPSA) is 67.3 Å². The molecule has 2 N–H and O–H groups in total. The quantitative estimate of drug-likeness (QED) is 0.691. The third-order valence-corrected chi connectivity index (χ3v) is 7.99. The van der Waals surface area contributed by atoms with Crippen molar-refractivity contribution in [2.75, 3.05) is 44.2 Å². The maximum atomic E-state index is 13.4. The molecule has 6 nitrogen and oxygen atoms in total. The molecule has 3 atom stereocenters. The van der Waals surface area contributed by atoms with Gasteiger partial charge in [0.05, 0.1) is 22.4 Å². The number of hydrogen-bond acceptors (Lipinski definition) is 5.